The first-order valence-corrected chi connectivity index (χ1v) is 8.06. The normalized spacial score (nSPS) is 12.1. The molecule has 6 nitrogen and oxygen atoms in total. The van der Waals surface area contributed by atoms with Gasteiger partial charge in [-0.2, -0.15) is 5.10 Å². The molecule has 0 spiro atoms. The van der Waals surface area contributed by atoms with Gasteiger partial charge in [0.15, 0.2) is 0 Å². The van der Waals surface area contributed by atoms with Crippen molar-refractivity contribution in [3.63, 3.8) is 0 Å². The second-order valence-electron chi connectivity index (χ2n) is 5.03. The van der Waals surface area contributed by atoms with Crippen LogP contribution in [0, 0.1) is 13.8 Å². The lowest BCUT2D eigenvalue weighted by Gasteiger charge is -2.19. The molecule has 2 N–H and O–H groups in total. The van der Waals surface area contributed by atoms with E-state index in [0.717, 1.165) is 11.4 Å². The summed E-state index contributed by atoms with van der Waals surface area (Å²) in [6, 6.07) is 5.93. The maximum Gasteiger partial charge on any atom is 0.314 e. The van der Waals surface area contributed by atoms with E-state index in [4.69, 9.17) is 4.74 Å². The first-order valence-electron chi connectivity index (χ1n) is 7.18. The van der Waals surface area contributed by atoms with E-state index in [1.807, 2.05) is 36.0 Å². The van der Waals surface area contributed by atoms with Crippen molar-refractivity contribution in [2.24, 2.45) is 0 Å². The van der Waals surface area contributed by atoms with Crippen molar-refractivity contribution in [1.82, 2.24) is 20.4 Å². The number of urea groups is 1. The Morgan fingerprint density at radius 3 is 2.86 bits per heavy atom. The van der Waals surface area contributed by atoms with Crippen molar-refractivity contribution < 1.29 is 9.53 Å². The lowest BCUT2D eigenvalue weighted by atomic mass is 10.2. The van der Waals surface area contributed by atoms with E-state index in [9.17, 15) is 4.79 Å². The number of thiophene rings is 1. The Kier molecular flexibility index (Phi) is 5.97. The minimum Gasteiger partial charge on any atom is -0.383 e. The molecule has 120 valence electrons. The molecule has 22 heavy (non-hydrogen) atoms. The van der Waals surface area contributed by atoms with Crippen molar-refractivity contribution in [2.75, 3.05) is 26.8 Å². The number of carbonyl (C=O) groups excluding carboxylic acids is 1. The van der Waals surface area contributed by atoms with Crippen LogP contribution < -0.4 is 10.6 Å². The van der Waals surface area contributed by atoms with Crippen LogP contribution in [0.5, 0.6) is 0 Å². The summed E-state index contributed by atoms with van der Waals surface area (Å²) in [6.07, 6.45) is 0. The number of carbonyl (C=O) groups is 1. The molecule has 0 saturated carbocycles. The Labute approximate surface area is 134 Å². The molecule has 0 bridgehead atoms. The van der Waals surface area contributed by atoms with Crippen LogP contribution in [0.25, 0.3) is 0 Å². The summed E-state index contributed by atoms with van der Waals surface area (Å²) < 4.78 is 6.88. The van der Waals surface area contributed by atoms with Crippen molar-refractivity contribution in [3.05, 3.63) is 39.8 Å². The molecule has 2 amide bonds. The van der Waals surface area contributed by atoms with Crippen LogP contribution >= 0.6 is 11.3 Å². The second kappa shape index (κ2) is 7.95. The van der Waals surface area contributed by atoms with Crippen molar-refractivity contribution in [3.8, 4) is 0 Å². The molecule has 0 aliphatic rings. The molecule has 1 atom stereocenters. The van der Waals surface area contributed by atoms with Gasteiger partial charge in [-0.25, -0.2) is 4.79 Å². The van der Waals surface area contributed by atoms with Gasteiger partial charge in [-0.15, -0.1) is 11.3 Å². The summed E-state index contributed by atoms with van der Waals surface area (Å²) in [5, 5.41) is 12.2. The first-order chi connectivity index (χ1) is 10.6. The Bertz CT molecular complexity index is 595. The highest BCUT2D eigenvalue weighted by Crippen LogP contribution is 2.23. The molecule has 0 aliphatic carbocycles. The van der Waals surface area contributed by atoms with Gasteiger partial charge in [-0.05, 0) is 31.4 Å². The largest absolute Gasteiger partial charge is 0.383 e. The first kappa shape index (κ1) is 16.5. The number of nitrogens with one attached hydrogen (secondary N) is 2. The zero-order chi connectivity index (χ0) is 15.9. The maximum atomic E-state index is 11.8. The fourth-order valence-electron chi connectivity index (χ4n) is 2.27. The van der Waals surface area contributed by atoms with E-state index in [2.05, 4.69) is 21.8 Å². The van der Waals surface area contributed by atoms with Crippen molar-refractivity contribution in [1.29, 1.82) is 0 Å². The SMILES string of the molecule is COCCNC(=O)NCC(c1cccs1)n1nc(C)cc1C. The molecule has 1 unspecified atom stereocenters. The molecular weight excluding hydrogens is 300 g/mol. The van der Waals surface area contributed by atoms with Gasteiger partial charge < -0.3 is 15.4 Å². The summed E-state index contributed by atoms with van der Waals surface area (Å²) in [5.74, 6) is 0. The Hall–Kier alpha value is -1.86. The van der Waals surface area contributed by atoms with Crippen molar-refractivity contribution in [2.45, 2.75) is 19.9 Å². The van der Waals surface area contributed by atoms with Gasteiger partial charge in [0.05, 0.1) is 12.3 Å². The minimum atomic E-state index is -0.194. The molecule has 0 radical (unpaired) electrons. The molecule has 0 aromatic carbocycles. The zero-order valence-electron chi connectivity index (χ0n) is 13.1. The van der Waals surface area contributed by atoms with Crippen LogP contribution in [0.15, 0.2) is 23.6 Å². The monoisotopic (exact) mass is 322 g/mol. The van der Waals surface area contributed by atoms with Crippen molar-refractivity contribution >= 4 is 17.4 Å². The molecule has 2 heterocycles. The molecule has 2 rings (SSSR count). The van der Waals surface area contributed by atoms with E-state index >= 15 is 0 Å². The van der Waals surface area contributed by atoms with Gasteiger partial charge in [-0.3, -0.25) is 4.68 Å². The van der Waals surface area contributed by atoms with Gasteiger partial charge >= 0.3 is 6.03 Å². The third-order valence-electron chi connectivity index (χ3n) is 3.26. The zero-order valence-corrected chi connectivity index (χ0v) is 13.9. The molecule has 0 aliphatic heterocycles. The van der Waals surface area contributed by atoms with E-state index in [1.165, 1.54) is 4.88 Å². The highest BCUT2D eigenvalue weighted by Gasteiger charge is 2.18. The number of methoxy groups -OCH3 is 1. The number of nitrogens with zero attached hydrogens (tertiary/aromatic N) is 2. The van der Waals surface area contributed by atoms with Gasteiger partial charge in [0.2, 0.25) is 0 Å². The number of aromatic nitrogens is 2. The summed E-state index contributed by atoms with van der Waals surface area (Å²) in [4.78, 5) is 13.0. The lowest BCUT2D eigenvalue weighted by molar-refractivity contribution is 0.195. The van der Waals surface area contributed by atoms with Gasteiger partial charge in [-0.1, -0.05) is 6.07 Å². The maximum absolute atomic E-state index is 11.8. The predicted octanol–water partition coefficient (Wildman–Crippen LogP) is 2.10. The molecule has 0 fully saturated rings. The molecule has 7 heteroatoms. The molecule has 2 aromatic rings. The molecular formula is C15H22N4O2S. The standard InChI is InChI=1S/C15H22N4O2S/c1-11-9-12(2)19(18-11)13(14-5-4-8-22-14)10-17-15(20)16-6-7-21-3/h4-5,8-9,13H,6-7,10H2,1-3H3,(H2,16,17,20). The number of hydrogen-bond donors (Lipinski definition) is 2. The fourth-order valence-corrected chi connectivity index (χ4v) is 3.08. The Morgan fingerprint density at radius 1 is 1.45 bits per heavy atom. The quantitative estimate of drug-likeness (QED) is 0.767. The summed E-state index contributed by atoms with van der Waals surface area (Å²) in [5.41, 5.74) is 2.06. The number of aryl methyl sites for hydroxylation is 2. The van der Waals surface area contributed by atoms with Crippen LogP contribution in [0.1, 0.15) is 22.3 Å². The number of hydrogen-bond acceptors (Lipinski definition) is 4. The fraction of sp³-hybridized carbons (Fsp3) is 0.467. The summed E-state index contributed by atoms with van der Waals surface area (Å²) >= 11 is 1.66. The van der Waals surface area contributed by atoms with E-state index in [0.29, 0.717) is 19.7 Å². The van der Waals surface area contributed by atoms with E-state index < -0.39 is 0 Å². The minimum absolute atomic E-state index is 0.00174. The third-order valence-corrected chi connectivity index (χ3v) is 4.23. The Morgan fingerprint density at radius 2 is 2.27 bits per heavy atom. The summed E-state index contributed by atoms with van der Waals surface area (Å²) in [6.45, 7) is 5.48. The van der Waals surface area contributed by atoms with E-state index in [-0.39, 0.29) is 12.1 Å². The third kappa shape index (κ3) is 4.32. The van der Waals surface area contributed by atoms with Crippen LogP contribution in [0.2, 0.25) is 0 Å². The average molecular weight is 322 g/mol. The smallest absolute Gasteiger partial charge is 0.314 e. The number of ether oxygens (including phenoxy) is 1. The number of amides is 2. The summed E-state index contributed by atoms with van der Waals surface area (Å²) in [7, 11) is 1.61. The predicted molar refractivity (Wildman–Crippen MR) is 87.4 cm³/mol. The van der Waals surface area contributed by atoms with Gasteiger partial charge in [0.1, 0.15) is 6.04 Å². The van der Waals surface area contributed by atoms with Gasteiger partial charge in [0, 0.05) is 30.8 Å². The van der Waals surface area contributed by atoms with E-state index in [1.54, 1.807) is 18.4 Å². The molecule has 2 aromatic heterocycles. The Balaban J connectivity index is 2.04. The highest BCUT2D eigenvalue weighted by atomic mass is 32.1. The molecule has 0 saturated heterocycles. The van der Waals surface area contributed by atoms with Gasteiger partial charge in [0.25, 0.3) is 0 Å². The number of rotatable bonds is 7. The van der Waals surface area contributed by atoms with Crippen LogP contribution in [0.4, 0.5) is 4.79 Å². The topological polar surface area (TPSA) is 68.2 Å². The average Bonchev–Trinajstić information content (AvgIpc) is 3.10. The highest BCUT2D eigenvalue weighted by molar-refractivity contribution is 7.10. The van der Waals surface area contributed by atoms with Crippen LogP contribution in [0.3, 0.4) is 0 Å². The second-order valence-corrected chi connectivity index (χ2v) is 6.01. The lowest BCUT2D eigenvalue weighted by Crippen LogP contribution is -2.40. The van der Waals surface area contributed by atoms with Crippen LogP contribution in [-0.4, -0.2) is 42.6 Å². The van der Waals surface area contributed by atoms with Crippen LogP contribution in [-0.2, 0) is 4.74 Å².